The minimum absolute atomic E-state index is 0.0656. The number of esters is 1. The molecule has 2 amide bonds. The normalized spacial score (nSPS) is 12.2. The number of fused-ring (bicyclic) bond motifs is 1. The summed E-state index contributed by atoms with van der Waals surface area (Å²) in [5.41, 5.74) is 3.02. The fraction of sp³-hybridized carbons (Fsp3) is 0.318. The summed E-state index contributed by atoms with van der Waals surface area (Å²) in [6.07, 6.45) is 1.92. The van der Waals surface area contributed by atoms with E-state index in [1.54, 1.807) is 30.9 Å². The number of hydrogen-bond donors (Lipinski definition) is 2. The average Bonchev–Trinajstić information content (AvgIpc) is 3.10. The Balaban J connectivity index is 1.40. The van der Waals surface area contributed by atoms with Crippen LogP contribution < -0.4 is 20.9 Å². The number of aromatic nitrogens is 1. The van der Waals surface area contributed by atoms with Gasteiger partial charge in [0.25, 0.3) is 5.56 Å². The number of nitrogens with one attached hydrogen (secondary N) is 2. The zero-order valence-corrected chi connectivity index (χ0v) is 31.8. The molecule has 0 spiro atoms. The molecule has 1 heterocycles. The Morgan fingerprint density at radius 3 is 2.09 bits per heavy atom. The lowest BCUT2D eigenvalue weighted by atomic mass is 9.84. The van der Waals surface area contributed by atoms with Crippen molar-refractivity contribution in [2.24, 2.45) is 0 Å². The number of hydrogen-bond acceptors (Lipinski definition) is 6. The summed E-state index contributed by atoms with van der Waals surface area (Å²) < 4.78 is 12.6. The summed E-state index contributed by atoms with van der Waals surface area (Å²) in [5, 5.41) is 7.87. The van der Waals surface area contributed by atoms with E-state index in [2.05, 4.69) is 10.6 Å². The molecule has 5 aromatic rings. The van der Waals surface area contributed by atoms with E-state index in [1.807, 2.05) is 126 Å². The van der Waals surface area contributed by atoms with Gasteiger partial charge in [0.1, 0.15) is 23.1 Å². The first kappa shape index (κ1) is 38.5. The van der Waals surface area contributed by atoms with Gasteiger partial charge in [-0.2, -0.15) is 0 Å². The number of ether oxygens (including phenoxy) is 2. The molecule has 1 aromatic heterocycles. The third-order valence-electron chi connectivity index (χ3n) is 9.29. The number of aryl methyl sites for hydroxylation is 2. The maximum atomic E-state index is 14.1. The van der Waals surface area contributed by atoms with E-state index in [0.29, 0.717) is 12.1 Å². The van der Waals surface area contributed by atoms with E-state index in [-0.39, 0.29) is 36.0 Å². The molecule has 0 aliphatic rings. The van der Waals surface area contributed by atoms with E-state index in [0.717, 1.165) is 44.3 Å². The van der Waals surface area contributed by atoms with Crippen molar-refractivity contribution in [3.8, 4) is 5.75 Å². The number of pyridine rings is 1. The number of amides is 2. The highest BCUT2D eigenvalue weighted by Gasteiger charge is 2.34. The maximum absolute atomic E-state index is 14.1. The Morgan fingerprint density at radius 1 is 0.774 bits per heavy atom. The van der Waals surface area contributed by atoms with Crippen molar-refractivity contribution in [2.75, 3.05) is 12.4 Å². The molecule has 0 fully saturated rings. The Hall–Kier alpha value is -5.70. The fourth-order valence-corrected chi connectivity index (χ4v) is 6.19. The maximum Gasteiger partial charge on any atom is 0.316 e. The van der Waals surface area contributed by atoms with Gasteiger partial charge in [0, 0.05) is 12.6 Å². The fourth-order valence-electron chi connectivity index (χ4n) is 6.19. The molecule has 0 radical (unpaired) electrons. The molecular formula is C44H49N3O6. The monoisotopic (exact) mass is 715 g/mol. The Bertz CT molecular complexity index is 2190. The van der Waals surface area contributed by atoms with Crippen molar-refractivity contribution in [1.82, 2.24) is 9.88 Å². The molecule has 4 aromatic carbocycles. The van der Waals surface area contributed by atoms with E-state index in [9.17, 15) is 19.2 Å². The number of benzene rings is 4. The van der Waals surface area contributed by atoms with E-state index in [1.165, 1.54) is 0 Å². The predicted octanol–water partition coefficient (Wildman–Crippen LogP) is 7.20. The molecule has 9 nitrogen and oxygen atoms in total. The molecule has 276 valence electrons. The third-order valence-corrected chi connectivity index (χ3v) is 9.29. The van der Waals surface area contributed by atoms with Crippen LogP contribution in [0.2, 0.25) is 0 Å². The van der Waals surface area contributed by atoms with E-state index in [4.69, 9.17) is 9.47 Å². The molecule has 9 heteroatoms. The topological polar surface area (TPSA) is 116 Å². The van der Waals surface area contributed by atoms with Crippen LogP contribution in [-0.4, -0.2) is 41.1 Å². The van der Waals surface area contributed by atoms with Crippen molar-refractivity contribution in [2.45, 2.75) is 84.9 Å². The van der Waals surface area contributed by atoms with Gasteiger partial charge in [-0.15, -0.1) is 0 Å². The summed E-state index contributed by atoms with van der Waals surface area (Å²) in [5.74, 6) is -0.441. The highest BCUT2D eigenvalue weighted by Crippen LogP contribution is 2.28. The summed E-state index contributed by atoms with van der Waals surface area (Å²) in [6, 6.07) is 27.6. The van der Waals surface area contributed by atoms with Crippen LogP contribution in [0.3, 0.4) is 0 Å². The van der Waals surface area contributed by atoms with Gasteiger partial charge in [-0.1, -0.05) is 78.9 Å². The molecule has 0 saturated carbocycles. The molecule has 53 heavy (non-hydrogen) atoms. The number of carbonyl (C=O) groups is 3. The van der Waals surface area contributed by atoms with Crippen molar-refractivity contribution >= 4 is 34.2 Å². The second kappa shape index (κ2) is 15.9. The average molecular weight is 716 g/mol. The molecule has 1 atom stereocenters. The van der Waals surface area contributed by atoms with Gasteiger partial charge in [0.05, 0.1) is 25.5 Å². The van der Waals surface area contributed by atoms with Crippen LogP contribution in [0.1, 0.15) is 68.0 Å². The quantitative estimate of drug-likeness (QED) is 0.132. The Kier molecular flexibility index (Phi) is 11.6. The van der Waals surface area contributed by atoms with Crippen LogP contribution in [0.4, 0.5) is 5.69 Å². The Labute approximate surface area is 311 Å². The summed E-state index contributed by atoms with van der Waals surface area (Å²) >= 11 is 0. The van der Waals surface area contributed by atoms with Gasteiger partial charge in [0.2, 0.25) is 11.8 Å². The van der Waals surface area contributed by atoms with Crippen molar-refractivity contribution < 1.29 is 23.9 Å². The van der Waals surface area contributed by atoms with Gasteiger partial charge in [0.15, 0.2) is 0 Å². The number of methoxy groups -OCH3 is 1. The second-order valence-corrected chi connectivity index (χ2v) is 15.1. The second-order valence-electron chi connectivity index (χ2n) is 15.1. The molecule has 0 saturated heterocycles. The van der Waals surface area contributed by atoms with E-state index >= 15 is 0 Å². The lowest BCUT2D eigenvalue weighted by Crippen LogP contribution is -2.46. The number of anilines is 1. The molecular weight excluding hydrogens is 666 g/mol. The molecule has 2 N–H and O–H groups in total. The van der Waals surface area contributed by atoms with E-state index < -0.39 is 23.0 Å². The molecule has 0 unspecified atom stereocenters. The zero-order chi connectivity index (χ0) is 38.5. The van der Waals surface area contributed by atoms with Gasteiger partial charge in [-0.05, 0) is 105 Å². The third kappa shape index (κ3) is 9.60. The van der Waals surface area contributed by atoms with Crippen LogP contribution >= 0.6 is 0 Å². The van der Waals surface area contributed by atoms with Gasteiger partial charge in [-0.25, -0.2) is 0 Å². The van der Waals surface area contributed by atoms with Gasteiger partial charge < -0.3 is 24.7 Å². The summed E-state index contributed by atoms with van der Waals surface area (Å²) in [4.78, 5) is 54.4. The SMILES string of the molecule is COc1ccc(Cn2ccc(C)c(NC(=O)[C@@H](Cc3ccc(C(C)(C)C(=O)OC(C)(C)C)cc3)NC(=O)Cc3ccc4ccccc4c3)c2=O)cc1C. The molecule has 0 bridgehead atoms. The zero-order valence-electron chi connectivity index (χ0n) is 31.8. The van der Waals surface area contributed by atoms with Crippen LogP contribution in [0.5, 0.6) is 5.75 Å². The van der Waals surface area contributed by atoms with Crippen LogP contribution in [0.25, 0.3) is 10.8 Å². The minimum Gasteiger partial charge on any atom is -0.496 e. The predicted molar refractivity (Wildman–Crippen MR) is 210 cm³/mol. The highest BCUT2D eigenvalue weighted by molar-refractivity contribution is 5.98. The Morgan fingerprint density at radius 2 is 1.43 bits per heavy atom. The smallest absolute Gasteiger partial charge is 0.316 e. The van der Waals surface area contributed by atoms with Crippen LogP contribution in [-0.2, 0) is 43.9 Å². The molecule has 0 aliphatic heterocycles. The lowest BCUT2D eigenvalue weighted by molar-refractivity contribution is -0.160. The molecule has 0 aliphatic carbocycles. The first-order chi connectivity index (χ1) is 25.0. The van der Waals surface area contributed by atoms with Gasteiger partial charge in [-0.3, -0.25) is 19.2 Å². The van der Waals surface area contributed by atoms with Crippen molar-refractivity contribution in [3.63, 3.8) is 0 Å². The number of carbonyl (C=O) groups excluding carboxylic acids is 3. The minimum atomic E-state index is -1.01. The van der Waals surface area contributed by atoms with Crippen molar-refractivity contribution in [1.29, 1.82) is 0 Å². The highest BCUT2D eigenvalue weighted by atomic mass is 16.6. The van der Waals surface area contributed by atoms with Gasteiger partial charge >= 0.3 is 5.97 Å². The first-order valence-electron chi connectivity index (χ1n) is 17.8. The first-order valence-corrected chi connectivity index (χ1v) is 17.8. The van der Waals surface area contributed by atoms with Crippen LogP contribution in [0.15, 0.2) is 102 Å². The summed E-state index contributed by atoms with van der Waals surface area (Å²) in [7, 11) is 1.61. The largest absolute Gasteiger partial charge is 0.496 e. The number of nitrogens with zero attached hydrogens (tertiary/aromatic N) is 1. The van der Waals surface area contributed by atoms with Crippen molar-refractivity contribution in [3.05, 3.63) is 141 Å². The van der Waals surface area contributed by atoms with Crippen LogP contribution in [0, 0.1) is 13.8 Å². The number of rotatable bonds is 12. The molecule has 5 rings (SSSR count). The standard InChI is InChI=1S/C44H49N3O6/c1-28-21-22-47(27-32-16-20-37(52-8)29(2)23-32)41(50)39(28)46-40(49)36(45-38(48)26-31-13-17-33-11-9-10-12-34(33)24-31)25-30-14-18-35(19-15-30)44(6,7)42(51)53-43(3,4)5/h9-24,36H,25-27H2,1-8H3,(H,45,48)(H,46,49)/t36-/m1/s1. The summed E-state index contributed by atoms with van der Waals surface area (Å²) in [6.45, 7) is 13.1. The lowest BCUT2D eigenvalue weighted by Gasteiger charge is -2.29.